The fraction of sp³-hybridized carbons (Fsp3) is 0.947. The Bertz CT molecular complexity index is 408. The summed E-state index contributed by atoms with van der Waals surface area (Å²) in [4.78, 5) is 0. The second-order valence-electron chi connectivity index (χ2n) is 9.45. The maximum atomic E-state index is 2.67. The quantitative estimate of drug-likeness (QED) is 0.585. The lowest BCUT2D eigenvalue weighted by atomic mass is 9.57. The minimum absolute atomic E-state index is 0.535. The second-order valence-corrected chi connectivity index (χ2v) is 9.45. The van der Waals surface area contributed by atoms with Gasteiger partial charge in [-0.1, -0.05) is 41.0 Å². The Labute approximate surface area is 119 Å². The maximum absolute atomic E-state index is 2.67. The summed E-state index contributed by atoms with van der Waals surface area (Å²) < 4.78 is 0. The molecule has 4 aliphatic carbocycles. The molecule has 0 aromatic heterocycles. The van der Waals surface area contributed by atoms with Gasteiger partial charge in [0.15, 0.2) is 0 Å². The molecule has 0 spiro atoms. The lowest BCUT2D eigenvalue weighted by Gasteiger charge is -2.47. The normalized spacial score (nSPS) is 59.2. The Morgan fingerprint density at radius 2 is 1.74 bits per heavy atom. The Hall–Kier alpha value is 0. The van der Waals surface area contributed by atoms with Crippen molar-refractivity contribution in [2.75, 3.05) is 0 Å². The van der Waals surface area contributed by atoms with Crippen molar-refractivity contribution in [2.45, 2.75) is 73.1 Å². The summed E-state index contributed by atoms with van der Waals surface area (Å²) in [7, 11) is 0. The number of rotatable bonds is 1. The monoisotopic (exact) mass is 259 g/mol. The SMILES string of the molecule is C[C]1C(C2(C)CC3CCC2C3)C2CCC1(C)C2(C)C. The van der Waals surface area contributed by atoms with Crippen molar-refractivity contribution in [3.63, 3.8) is 0 Å². The van der Waals surface area contributed by atoms with Crippen LogP contribution < -0.4 is 0 Å². The van der Waals surface area contributed by atoms with Crippen LogP contribution in [0.2, 0.25) is 0 Å². The van der Waals surface area contributed by atoms with Gasteiger partial charge in [0.1, 0.15) is 0 Å². The molecule has 0 saturated heterocycles. The summed E-state index contributed by atoms with van der Waals surface area (Å²) in [5.41, 5.74) is 1.74. The summed E-state index contributed by atoms with van der Waals surface area (Å²) in [6.07, 6.45) is 9.13. The zero-order valence-corrected chi connectivity index (χ0v) is 13.6. The molecule has 107 valence electrons. The van der Waals surface area contributed by atoms with Gasteiger partial charge in [-0.05, 0) is 77.9 Å². The molecule has 6 atom stereocenters. The van der Waals surface area contributed by atoms with Gasteiger partial charge in [0.25, 0.3) is 0 Å². The fourth-order valence-corrected chi connectivity index (χ4v) is 7.45. The van der Waals surface area contributed by atoms with E-state index in [4.69, 9.17) is 0 Å². The summed E-state index contributed by atoms with van der Waals surface area (Å²) >= 11 is 0. The molecular weight excluding hydrogens is 228 g/mol. The minimum Gasteiger partial charge on any atom is -0.0591 e. The van der Waals surface area contributed by atoms with E-state index in [0.29, 0.717) is 16.2 Å². The Morgan fingerprint density at radius 3 is 2.21 bits per heavy atom. The van der Waals surface area contributed by atoms with E-state index in [2.05, 4.69) is 34.6 Å². The zero-order chi connectivity index (χ0) is 13.6. The van der Waals surface area contributed by atoms with Crippen LogP contribution in [-0.4, -0.2) is 0 Å². The van der Waals surface area contributed by atoms with E-state index >= 15 is 0 Å². The van der Waals surface area contributed by atoms with Crippen molar-refractivity contribution in [1.29, 1.82) is 0 Å². The van der Waals surface area contributed by atoms with Crippen LogP contribution in [0.4, 0.5) is 0 Å². The molecule has 0 heterocycles. The van der Waals surface area contributed by atoms with Crippen molar-refractivity contribution < 1.29 is 0 Å². The first kappa shape index (κ1) is 12.7. The van der Waals surface area contributed by atoms with E-state index in [-0.39, 0.29) is 0 Å². The van der Waals surface area contributed by atoms with Crippen LogP contribution in [-0.2, 0) is 0 Å². The van der Waals surface area contributed by atoms with Gasteiger partial charge in [0, 0.05) is 0 Å². The van der Waals surface area contributed by atoms with Crippen molar-refractivity contribution in [2.24, 2.45) is 39.9 Å². The predicted octanol–water partition coefficient (Wildman–Crippen LogP) is 5.48. The molecular formula is C19H31. The van der Waals surface area contributed by atoms with Crippen molar-refractivity contribution in [1.82, 2.24) is 0 Å². The Morgan fingerprint density at radius 1 is 1.00 bits per heavy atom. The molecule has 0 aromatic rings. The van der Waals surface area contributed by atoms with E-state index in [0.717, 1.165) is 23.7 Å². The average Bonchev–Trinajstić information content (AvgIpc) is 2.99. The van der Waals surface area contributed by atoms with Gasteiger partial charge in [0.05, 0.1) is 0 Å². The highest BCUT2D eigenvalue weighted by molar-refractivity contribution is 5.29. The molecule has 0 aromatic carbocycles. The highest BCUT2D eigenvalue weighted by Gasteiger charge is 2.69. The van der Waals surface area contributed by atoms with E-state index < -0.39 is 0 Å². The van der Waals surface area contributed by atoms with Gasteiger partial charge >= 0.3 is 0 Å². The Balaban J connectivity index is 1.74. The predicted molar refractivity (Wildman–Crippen MR) is 80.6 cm³/mol. The third kappa shape index (κ3) is 1.24. The van der Waals surface area contributed by atoms with Crippen LogP contribution in [0.25, 0.3) is 0 Å². The van der Waals surface area contributed by atoms with E-state index in [1.807, 2.05) is 5.92 Å². The minimum atomic E-state index is 0.535. The van der Waals surface area contributed by atoms with Gasteiger partial charge in [-0.3, -0.25) is 0 Å². The smallest absolute Gasteiger partial charge is 0.0168 e. The van der Waals surface area contributed by atoms with Gasteiger partial charge in [-0.15, -0.1) is 0 Å². The highest BCUT2D eigenvalue weighted by atomic mass is 14.7. The molecule has 4 saturated carbocycles. The zero-order valence-electron chi connectivity index (χ0n) is 13.6. The maximum Gasteiger partial charge on any atom is -0.0168 e. The van der Waals surface area contributed by atoms with Gasteiger partial charge in [0.2, 0.25) is 0 Å². The molecule has 19 heavy (non-hydrogen) atoms. The molecule has 0 N–H and O–H groups in total. The first-order valence-electron chi connectivity index (χ1n) is 8.64. The van der Waals surface area contributed by atoms with Crippen LogP contribution >= 0.6 is 0 Å². The molecule has 4 fully saturated rings. The van der Waals surface area contributed by atoms with Crippen LogP contribution in [0.5, 0.6) is 0 Å². The second kappa shape index (κ2) is 3.42. The molecule has 4 bridgehead atoms. The number of fused-ring (bicyclic) bond motifs is 4. The molecule has 4 rings (SSSR count). The molecule has 4 aliphatic rings. The van der Waals surface area contributed by atoms with Crippen LogP contribution in [0.15, 0.2) is 0 Å². The van der Waals surface area contributed by atoms with Crippen LogP contribution in [0.1, 0.15) is 73.1 Å². The van der Waals surface area contributed by atoms with Crippen molar-refractivity contribution >= 4 is 0 Å². The summed E-state index contributed by atoms with van der Waals surface area (Å²) in [5.74, 6) is 5.94. The topological polar surface area (TPSA) is 0 Å². The molecule has 1 radical (unpaired) electrons. The van der Waals surface area contributed by atoms with Crippen LogP contribution in [0, 0.1) is 45.8 Å². The first-order valence-corrected chi connectivity index (χ1v) is 8.64. The number of hydrogen-bond donors (Lipinski definition) is 0. The lowest BCUT2D eigenvalue weighted by molar-refractivity contribution is 0.0548. The van der Waals surface area contributed by atoms with Crippen molar-refractivity contribution in [3.8, 4) is 0 Å². The van der Waals surface area contributed by atoms with Gasteiger partial charge in [-0.2, -0.15) is 0 Å². The highest BCUT2D eigenvalue weighted by Crippen LogP contribution is 2.77. The fourth-order valence-electron chi connectivity index (χ4n) is 7.45. The summed E-state index contributed by atoms with van der Waals surface area (Å²) in [6.45, 7) is 12.9. The standard InChI is InChI=1S/C19H31/c1-12-16(15-8-9-19(12,5)17(15,2)3)18(4)11-13-6-7-14(18)10-13/h13-16H,6-11H2,1-5H3. The molecule has 0 heteroatoms. The van der Waals surface area contributed by atoms with E-state index in [9.17, 15) is 0 Å². The molecule has 0 aliphatic heterocycles. The number of hydrogen-bond acceptors (Lipinski definition) is 0. The van der Waals surface area contributed by atoms with E-state index in [1.165, 1.54) is 25.7 Å². The Kier molecular flexibility index (Phi) is 2.29. The van der Waals surface area contributed by atoms with Gasteiger partial charge in [-0.25, -0.2) is 0 Å². The van der Waals surface area contributed by atoms with Crippen molar-refractivity contribution in [3.05, 3.63) is 5.92 Å². The molecule has 6 unspecified atom stereocenters. The average molecular weight is 259 g/mol. The van der Waals surface area contributed by atoms with E-state index in [1.54, 1.807) is 12.8 Å². The third-order valence-electron chi connectivity index (χ3n) is 8.96. The molecule has 0 nitrogen and oxygen atoms in total. The van der Waals surface area contributed by atoms with Crippen LogP contribution in [0.3, 0.4) is 0 Å². The molecule has 0 amide bonds. The summed E-state index contributed by atoms with van der Waals surface area (Å²) in [5, 5.41) is 0. The van der Waals surface area contributed by atoms with Gasteiger partial charge < -0.3 is 0 Å². The summed E-state index contributed by atoms with van der Waals surface area (Å²) in [6, 6.07) is 0. The first-order chi connectivity index (χ1) is 8.81. The third-order valence-corrected chi connectivity index (χ3v) is 8.96. The lowest BCUT2D eigenvalue weighted by Crippen LogP contribution is -2.40. The largest absolute Gasteiger partial charge is 0.0591 e.